The molecule has 1 aromatic carbocycles. The second kappa shape index (κ2) is 10.2. The van der Waals surface area contributed by atoms with E-state index in [-0.39, 0.29) is 33.8 Å². The average Bonchev–Trinajstić information content (AvgIpc) is 3.19. The normalized spacial score (nSPS) is 12.1. The molecule has 3 rings (SSSR count). The molecule has 3 aromatic rings. The zero-order chi connectivity index (χ0) is 25.1. The first-order valence-electron chi connectivity index (χ1n) is 10.2. The molecule has 0 fully saturated rings. The number of nitrogens with zero attached hydrogens (tertiary/aromatic N) is 5. The van der Waals surface area contributed by atoms with Crippen LogP contribution in [0, 0.1) is 0 Å². The molecule has 1 amide bonds. The first-order valence-corrected chi connectivity index (χ1v) is 13.9. The molecule has 0 atom stereocenters. The highest BCUT2D eigenvalue weighted by Crippen LogP contribution is 2.26. The van der Waals surface area contributed by atoms with Gasteiger partial charge in [-0.15, -0.1) is 0 Å². The van der Waals surface area contributed by atoms with Crippen molar-refractivity contribution in [2.75, 3.05) is 31.3 Å². The van der Waals surface area contributed by atoms with Crippen LogP contribution in [0.15, 0.2) is 64.8 Å². The Kier molecular flexibility index (Phi) is 7.76. The first-order chi connectivity index (χ1) is 15.9. The molecule has 0 saturated carbocycles. The molecule has 0 unspecified atom stereocenters. The van der Waals surface area contributed by atoms with Crippen LogP contribution in [0.2, 0.25) is 5.15 Å². The Balaban J connectivity index is 1.72. The van der Waals surface area contributed by atoms with Gasteiger partial charge in [0.1, 0.15) is 5.69 Å². The van der Waals surface area contributed by atoms with Gasteiger partial charge in [0.15, 0.2) is 15.0 Å². The van der Waals surface area contributed by atoms with Gasteiger partial charge in [0.05, 0.1) is 27.9 Å². The van der Waals surface area contributed by atoms with Crippen molar-refractivity contribution in [2.45, 2.75) is 23.1 Å². The van der Waals surface area contributed by atoms with E-state index >= 15 is 0 Å². The van der Waals surface area contributed by atoms with Crippen LogP contribution in [0.1, 0.15) is 13.3 Å². The van der Waals surface area contributed by atoms with Crippen LogP contribution in [-0.2, 0) is 24.7 Å². The van der Waals surface area contributed by atoms with Crippen LogP contribution in [0.5, 0.6) is 0 Å². The van der Waals surface area contributed by atoms with E-state index in [1.165, 1.54) is 40.9 Å². The number of hydrogen-bond acceptors (Lipinski definition) is 7. The smallest absolute Gasteiger partial charge is 0.242 e. The highest BCUT2D eigenvalue weighted by atomic mass is 35.5. The van der Waals surface area contributed by atoms with E-state index in [1.807, 2.05) is 0 Å². The van der Waals surface area contributed by atoms with Gasteiger partial charge in [0.25, 0.3) is 0 Å². The Morgan fingerprint density at radius 2 is 1.74 bits per heavy atom. The Morgan fingerprint density at radius 1 is 1.09 bits per heavy atom. The summed E-state index contributed by atoms with van der Waals surface area (Å²) < 4.78 is 51.4. The van der Waals surface area contributed by atoms with E-state index in [4.69, 9.17) is 11.6 Å². The SMILES string of the molecule is CCN(C(=O)CCN(C)S(=O)(=O)c1ccc(S(C)(=O)=O)cc1)c1cn(-c2cccnc2)nc1Cl. The van der Waals surface area contributed by atoms with Crippen molar-refractivity contribution in [3.63, 3.8) is 0 Å². The number of benzene rings is 1. The van der Waals surface area contributed by atoms with Gasteiger partial charge in [0.2, 0.25) is 15.9 Å². The summed E-state index contributed by atoms with van der Waals surface area (Å²) in [7, 11) is -6.00. The van der Waals surface area contributed by atoms with E-state index in [1.54, 1.807) is 37.6 Å². The topological polar surface area (TPSA) is 123 Å². The maximum absolute atomic E-state index is 12.9. The van der Waals surface area contributed by atoms with Crippen LogP contribution < -0.4 is 4.90 Å². The number of hydrogen-bond donors (Lipinski definition) is 0. The molecule has 0 bridgehead atoms. The monoisotopic (exact) mass is 525 g/mol. The zero-order valence-electron chi connectivity index (χ0n) is 18.8. The molecule has 2 aromatic heterocycles. The first kappa shape index (κ1) is 25.8. The van der Waals surface area contributed by atoms with E-state index in [0.29, 0.717) is 17.9 Å². The highest BCUT2D eigenvalue weighted by molar-refractivity contribution is 7.90. The van der Waals surface area contributed by atoms with E-state index in [2.05, 4.69) is 10.1 Å². The van der Waals surface area contributed by atoms with Crippen molar-refractivity contribution in [1.29, 1.82) is 0 Å². The fourth-order valence-electron chi connectivity index (χ4n) is 3.17. The predicted molar refractivity (Wildman–Crippen MR) is 128 cm³/mol. The fraction of sp³-hybridized carbons (Fsp3) is 0.286. The van der Waals surface area contributed by atoms with Gasteiger partial charge in [-0.05, 0) is 43.3 Å². The number of halogens is 1. The minimum atomic E-state index is -3.92. The van der Waals surface area contributed by atoms with Crippen LogP contribution in [0.4, 0.5) is 5.69 Å². The third-order valence-electron chi connectivity index (χ3n) is 5.07. The van der Waals surface area contributed by atoms with Crippen molar-refractivity contribution >= 4 is 43.1 Å². The van der Waals surface area contributed by atoms with Crippen molar-refractivity contribution < 1.29 is 21.6 Å². The minimum Gasteiger partial charge on any atom is -0.308 e. The molecular weight excluding hydrogens is 502 g/mol. The number of sulfone groups is 1. The molecule has 0 aliphatic carbocycles. The molecule has 0 N–H and O–H groups in total. The van der Waals surface area contributed by atoms with E-state index < -0.39 is 19.9 Å². The summed E-state index contributed by atoms with van der Waals surface area (Å²) in [6, 6.07) is 8.48. The molecule has 0 spiro atoms. The van der Waals surface area contributed by atoms with Crippen molar-refractivity contribution in [2.24, 2.45) is 0 Å². The van der Waals surface area contributed by atoms with Crippen molar-refractivity contribution in [1.82, 2.24) is 19.1 Å². The standard InChI is InChI=1S/C21H24ClN5O5S2/c1-4-26(19-15-27(24-21(19)22)16-6-5-12-23-14-16)20(28)11-13-25(2)34(31,32)18-9-7-17(8-10-18)33(3,29)30/h5-10,12,14-15H,4,11,13H2,1-3H3. The summed E-state index contributed by atoms with van der Waals surface area (Å²) in [6.45, 7) is 2.00. The summed E-state index contributed by atoms with van der Waals surface area (Å²) in [4.78, 5) is 18.3. The van der Waals surface area contributed by atoms with E-state index in [9.17, 15) is 21.6 Å². The molecule has 0 aliphatic rings. The van der Waals surface area contributed by atoms with Crippen LogP contribution in [-0.4, -0.2) is 68.2 Å². The number of rotatable bonds is 9. The van der Waals surface area contributed by atoms with E-state index in [0.717, 1.165) is 10.6 Å². The van der Waals surface area contributed by atoms with Crippen LogP contribution in [0.25, 0.3) is 5.69 Å². The van der Waals surface area contributed by atoms with Crippen molar-refractivity contribution in [3.05, 3.63) is 60.1 Å². The number of aromatic nitrogens is 3. The summed E-state index contributed by atoms with van der Waals surface area (Å²) in [5, 5.41) is 4.36. The molecule has 182 valence electrons. The lowest BCUT2D eigenvalue weighted by Gasteiger charge is -2.22. The molecule has 34 heavy (non-hydrogen) atoms. The Bertz CT molecular complexity index is 1370. The van der Waals surface area contributed by atoms with Crippen LogP contribution >= 0.6 is 11.6 Å². The van der Waals surface area contributed by atoms with Crippen LogP contribution in [0.3, 0.4) is 0 Å². The van der Waals surface area contributed by atoms with Gasteiger partial charge in [-0.3, -0.25) is 9.78 Å². The summed E-state index contributed by atoms with van der Waals surface area (Å²) >= 11 is 6.28. The summed E-state index contributed by atoms with van der Waals surface area (Å²) in [5.41, 5.74) is 1.08. The number of carbonyl (C=O) groups excluding carboxylic acids is 1. The molecular formula is C21H24ClN5O5S2. The third kappa shape index (κ3) is 5.63. The summed E-state index contributed by atoms with van der Waals surface area (Å²) in [5.74, 6) is -0.329. The molecule has 0 saturated heterocycles. The average molecular weight is 526 g/mol. The quantitative estimate of drug-likeness (QED) is 0.420. The van der Waals surface area contributed by atoms with Gasteiger partial charge < -0.3 is 4.90 Å². The minimum absolute atomic E-state index is 0.0200. The lowest BCUT2D eigenvalue weighted by Crippen LogP contribution is -2.35. The Hall–Kier alpha value is -2.80. The molecule has 10 nitrogen and oxygen atoms in total. The van der Waals surface area contributed by atoms with Gasteiger partial charge in [-0.1, -0.05) is 11.6 Å². The number of carbonyl (C=O) groups is 1. The molecule has 0 aliphatic heterocycles. The molecule has 2 heterocycles. The largest absolute Gasteiger partial charge is 0.308 e. The summed E-state index contributed by atoms with van der Waals surface area (Å²) in [6.07, 6.45) is 5.79. The maximum Gasteiger partial charge on any atom is 0.242 e. The second-order valence-electron chi connectivity index (χ2n) is 7.42. The molecule has 13 heteroatoms. The fourth-order valence-corrected chi connectivity index (χ4v) is 5.21. The maximum atomic E-state index is 12.9. The van der Waals surface area contributed by atoms with Gasteiger partial charge in [-0.25, -0.2) is 25.8 Å². The predicted octanol–water partition coefficient (Wildman–Crippen LogP) is 2.39. The number of amides is 1. The number of pyridine rings is 1. The van der Waals surface area contributed by atoms with Crippen molar-refractivity contribution in [3.8, 4) is 5.69 Å². The number of sulfonamides is 1. The Morgan fingerprint density at radius 3 is 2.29 bits per heavy atom. The number of anilines is 1. The second-order valence-corrected chi connectivity index (χ2v) is 11.8. The lowest BCUT2D eigenvalue weighted by atomic mass is 10.3. The zero-order valence-corrected chi connectivity index (χ0v) is 21.2. The lowest BCUT2D eigenvalue weighted by molar-refractivity contribution is -0.118. The highest BCUT2D eigenvalue weighted by Gasteiger charge is 2.25. The molecule has 0 radical (unpaired) electrons. The van der Waals surface area contributed by atoms with Gasteiger partial charge in [0, 0.05) is 39.0 Å². The Labute approximate surface area is 203 Å². The third-order valence-corrected chi connectivity index (χ3v) is 8.34. The van der Waals surface area contributed by atoms with Gasteiger partial charge >= 0.3 is 0 Å². The van der Waals surface area contributed by atoms with Gasteiger partial charge in [-0.2, -0.15) is 5.10 Å².